The smallest absolute Gasteiger partial charge is 0.335 e. The second-order valence-corrected chi connectivity index (χ2v) is 8.66. The summed E-state index contributed by atoms with van der Waals surface area (Å²) >= 11 is 0. The second kappa shape index (κ2) is 9.55. The number of benzene rings is 2. The van der Waals surface area contributed by atoms with E-state index in [0.29, 0.717) is 11.6 Å². The number of carboxylic acid groups (broad SMARTS) is 1. The monoisotopic (exact) mass is 392 g/mol. The Labute approximate surface area is 173 Å². The number of piperidine rings is 1. The summed E-state index contributed by atoms with van der Waals surface area (Å²) in [4.78, 5) is 13.5. The lowest BCUT2D eigenvalue weighted by atomic mass is 9.96. The maximum Gasteiger partial charge on any atom is 0.335 e. The second-order valence-electron chi connectivity index (χ2n) is 8.66. The normalized spacial score (nSPS) is 22.5. The van der Waals surface area contributed by atoms with Gasteiger partial charge in [-0.05, 0) is 87.5 Å². The van der Waals surface area contributed by atoms with Gasteiger partial charge in [0, 0.05) is 12.0 Å². The van der Waals surface area contributed by atoms with Crippen molar-refractivity contribution in [2.24, 2.45) is 5.92 Å². The van der Waals surface area contributed by atoms with Crippen LogP contribution in [0, 0.1) is 5.92 Å². The van der Waals surface area contributed by atoms with Crippen molar-refractivity contribution < 1.29 is 9.90 Å². The third-order valence-electron chi connectivity index (χ3n) is 6.53. The SMILES string of the molecule is O=C(O)c1ccc(CCCN2CCC(CN[C@@H]3CC3c3ccccc3)CC2)cc1. The molecule has 1 unspecified atom stereocenters. The highest BCUT2D eigenvalue weighted by Crippen LogP contribution is 2.40. The van der Waals surface area contributed by atoms with Crippen molar-refractivity contribution in [2.75, 3.05) is 26.2 Å². The lowest BCUT2D eigenvalue weighted by Crippen LogP contribution is -2.38. The lowest BCUT2D eigenvalue weighted by molar-refractivity contribution is 0.0697. The fraction of sp³-hybridized carbons (Fsp3) is 0.480. The molecule has 0 aromatic heterocycles. The van der Waals surface area contributed by atoms with Crippen LogP contribution in [-0.2, 0) is 6.42 Å². The Bertz CT molecular complexity index is 782. The Morgan fingerprint density at radius 2 is 1.76 bits per heavy atom. The van der Waals surface area contributed by atoms with Gasteiger partial charge in [0.05, 0.1) is 5.56 Å². The first kappa shape index (κ1) is 20.1. The molecule has 1 saturated heterocycles. The molecule has 2 aromatic rings. The van der Waals surface area contributed by atoms with Gasteiger partial charge in [-0.1, -0.05) is 42.5 Å². The maximum atomic E-state index is 10.9. The Morgan fingerprint density at radius 3 is 2.45 bits per heavy atom. The third kappa shape index (κ3) is 5.68. The van der Waals surface area contributed by atoms with Gasteiger partial charge in [-0.3, -0.25) is 0 Å². The van der Waals surface area contributed by atoms with Crippen molar-refractivity contribution in [1.29, 1.82) is 0 Å². The number of hydrogen-bond acceptors (Lipinski definition) is 3. The molecule has 1 aliphatic carbocycles. The van der Waals surface area contributed by atoms with Crippen molar-refractivity contribution in [3.63, 3.8) is 0 Å². The predicted octanol–water partition coefficient (Wildman–Crippen LogP) is 4.18. The van der Waals surface area contributed by atoms with E-state index in [4.69, 9.17) is 5.11 Å². The minimum atomic E-state index is -0.855. The number of nitrogens with one attached hydrogen (secondary N) is 1. The zero-order chi connectivity index (χ0) is 20.1. The highest BCUT2D eigenvalue weighted by molar-refractivity contribution is 5.87. The molecule has 1 heterocycles. The molecule has 2 fully saturated rings. The molecular weight excluding hydrogens is 360 g/mol. The summed E-state index contributed by atoms with van der Waals surface area (Å²) in [5, 5.41) is 12.8. The van der Waals surface area contributed by atoms with Crippen molar-refractivity contribution in [3.8, 4) is 0 Å². The number of aromatic carboxylic acids is 1. The number of aryl methyl sites for hydroxylation is 1. The van der Waals surface area contributed by atoms with Gasteiger partial charge in [-0.15, -0.1) is 0 Å². The first-order valence-electron chi connectivity index (χ1n) is 11.0. The van der Waals surface area contributed by atoms with Crippen molar-refractivity contribution >= 4 is 5.97 Å². The van der Waals surface area contributed by atoms with Gasteiger partial charge in [0.2, 0.25) is 0 Å². The molecular formula is C25H32N2O2. The highest BCUT2D eigenvalue weighted by Gasteiger charge is 2.38. The molecule has 1 aliphatic heterocycles. The summed E-state index contributed by atoms with van der Waals surface area (Å²) < 4.78 is 0. The Balaban J connectivity index is 1.09. The van der Waals surface area contributed by atoms with Crippen LogP contribution in [0.2, 0.25) is 0 Å². The third-order valence-corrected chi connectivity index (χ3v) is 6.53. The minimum absolute atomic E-state index is 0.366. The number of carboxylic acids is 1. The van der Waals surface area contributed by atoms with Crippen molar-refractivity contribution in [1.82, 2.24) is 10.2 Å². The van der Waals surface area contributed by atoms with E-state index in [1.165, 1.54) is 43.5 Å². The van der Waals surface area contributed by atoms with Crippen LogP contribution in [0.5, 0.6) is 0 Å². The topological polar surface area (TPSA) is 52.6 Å². The summed E-state index contributed by atoms with van der Waals surface area (Å²) in [5.41, 5.74) is 3.08. The number of carbonyl (C=O) groups is 1. The largest absolute Gasteiger partial charge is 0.478 e. The first-order valence-corrected chi connectivity index (χ1v) is 11.0. The predicted molar refractivity (Wildman–Crippen MR) is 116 cm³/mol. The number of rotatable bonds is 9. The molecule has 0 spiro atoms. The van der Waals surface area contributed by atoms with Gasteiger partial charge in [0.15, 0.2) is 0 Å². The molecule has 154 valence electrons. The van der Waals surface area contributed by atoms with Gasteiger partial charge in [-0.25, -0.2) is 4.79 Å². The van der Waals surface area contributed by atoms with E-state index in [1.54, 1.807) is 12.1 Å². The zero-order valence-electron chi connectivity index (χ0n) is 17.1. The molecule has 2 N–H and O–H groups in total. The fourth-order valence-electron chi connectivity index (χ4n) is 4.54. The summed E-state index contributed by atoms with van der Waals surface area (Å²) in [5.74, 6) is 0.680. The zero-order valence-corrected chi connectivity index (χ0v) is 17.1. The van der Waals surface area contributed by atoms with Gasteiger partial charge in [0.1, 0.15) is 0 Å². The van der Waals surface area contributed by atoms with Crippen LogP contribution in [0.1, 0.15) is 53.1 Å². The van der Waals surface area contributed by atoms with E-state index in [1.807, 2.05) is 12.1 Å². The van der Waals surface area contributed by atoms with Gasteiger partial charge >= 0.3 is 5.97 Å². The van der Waals surface area contributed by atoms with E-state index in [2.05, 4.69) is 40.5 Å². The van der Waals surface area contributed by atoms with Crippen LogP contribution in [0.4, 0.5) is 0 Å². The summed E-state index contributed by atoms with van der Waals surface area (Å²) in [6.07, 6.45) is 6.03. The van der Waals surface area contributed by atoms with Crippen LogP contribution in [-0.4, -0.2) is 48.2 Å². The fourth-order valence-corrected chi connectivity index (χ4v) is 4.54. The van der Waals surface area contributed by atoms with Crippen LogP contribution in [0.25, 0.3) is 0 Å². The van der Waals surface area contributed by atoms with Crippen molar-refractivity contribution in [3.05, 3.63) is 71.3 Å². The lowest BCUT2D eigenvalue weighted by Gasteiger charge is -2.32. The summed E-state index contributed by atoms with van der Waals surface area (Å²) in [6, 6.07) is 18.9. The quantitative estimate of drug-likeness (QED) is 0.672. The number of nitrogens with zero attached hydrogens (tertiary/aromatic N) is 1. The minimum Gasteiger partial charge on any atom is -0.478 e. The Morgan fingerprint density at radius 1 is 1.03 bits per heavy atom. The van der Waals surface area contributed by atoms with Crippen molar-refractivity contribution in [2.45, 2.75) is 44.1 Å². The van der Waals surface area contributed by atoms with Crippen LogP contribution in [0.15, 0.2) is 54.6 Å². The molecule has 1 saturated carbocycles. The molecule has 0 bridgehead atoms. The average Bonchev–Trinajstić information content (AvgIpc) is 3.54. The standard InChI is InChI=1S/C25H32N2O2/c28-25(29)22-10-8-19(9-11-22)5-4-14-27-15-12-20(13-16-27)18-26-24-17-23(24)21-6-2-1-3-7-21/h1-3,6-11,20,23-24,26H,4-5,12-18H2,(H,28,29)/t23?,24-/m1/s1. The Kier molecular flexibility index (Phi) is 6.63. The van der Waals surface area contributed by atoms with Crippen LogP contribution >= 0.6 is 0 Å². The van der Waals surface area contributed by atoms with Gasteiger partial charge < -0.3 is 15.3 Å². The molecule has 2 atom stereocenters. The van der Waals surface area contributed by atoms with E-state index >= 15 is 0 Å². The molecule has 29 heavy (non-hydrogen) atoms. The summed E-state index contributed by atoms with van der Waals surface area (Å²) in [6.45, 7) is 4.71. The summed E-state index contributed by atoms with van der Waals surface area (Å²) in [7, 11) is 0. The van der Waals surface area contributed by atoms with Gasteiger partial charge in [-0.2, -0.15) is 0 Å². The van der Waals surface area contributed by atoms with Gasteiger partial charge in [0.25, 0.3) is 0 Å². The van der Waals surface area contributed by atoms with E-state index in [-0.39, 0.29) is 0 Å². The molecule has 2 aromatic carbocycles. The Hall–Kier alpha value is -2.17. The molecule has 0 amide bonds. The molecule has 0 radical (unpaired) electrons. The molecule has 4 nitrogen and oxygen atoms in total. The highest BCUT2D eigenvalue weighted by atomic mass is 16.4. The van der Waals surface area contributed by atoms with Crippen LogP contribution < -0.4 is 5.32 Å². The molecule has 2 aliphatic rings. The average molecular weight is 393 g/mol. The number of hydrogen-bond donors (Lipinski definition) is 2. The molecule has 4 rings (SSSR count). The number of likely N-dealkylation sites (tertiary alicyclic amines) is 1. The van der Waals surface area contributed by atoms with E-state index in [0.717, 1.165) is 37.8 Å². The van der Waals surface area contributed by atoms with Crippen LogP contribution in [0.3, 0.4) is 0 Å². The molecule has 4 heteroatoms. The van der Waals surface area contributed by atoms with E-state index in [9.17, 15) is 4.79 Å². The van der Waals surface area contributed by atoms with E-state index < -0.39 is 5.97 Å². The first-order chi connectivity index (χ1) is 14.2. The maximum absolute atomic E-state index is 10.9.